The van der Waals surface area contributed by atoms with Crippen LogP contribution in [-0.4, -0.2) is 25.2 Å². The van der Waals surface area contributed by atoms with Gasteiger partial charge in [0.2, 0.25) is 0 Å². The summed E-state index contributed by atoms with van der Waals surface area (Å²) in [5.74, 6) is 0.417. The fraction of sp³-hybridized carbons (Fsp3) is 0.409. The van der Waals surface area contributed by atoms with E-state index >= 15 is 0 Å². The maximum Gasteiger partial charge on any atom is 0.152 e. The number of carbonyl (C=O) groups is 1. The number of Topliss-reactive ketones (excluding diaryl/α,β-unsaturated/α-hetero) is 1. The number of benzene rings is 2. The number of nitrogens with one attached hydrogen (secondary N) is 1. The van der Waals surface area contributed by atoms with Crippen molar-refractivity contribution in [3.63, 3.8) is 0 Å². The van der Waals surface area contributed by atoms with E-state index in [0.717, 1.165) is 29.8 Å². The van der Waals surface area contributed by atoms with Crippen LogP contribution in [0.2, 0.25) is 0 Å². The summed E-state index contributed by atoms with van der Waals surface area (Å²) in [6.45, 7) is 3.42. The zero-order chi connectivity index (χ0) is 19.7. The Morgan fingerprint density at radius 3 is 2.15 bits per heavy atom. The number of anilines is 2. The van der Waals surface area contributed by atoms with Crippen LogP contribution < -0.4 is 5.32 Å². The molecule has 0 unspecified atom stereocenters. The minimum absolute atomic E-state index is 0.200. The molecule has 2 rings (SSSR count). The molecule has 2 aromatic carbocycles. The van der Waals surface area contributed by atoms with E-state index in [1.54, 1.807) is 13.8 Å². The number of carbonyl (C=O) groups excluding carboxylic acids is 1. The molecule has 4 nitrogen and oxygen atoms in total. The van der Waals surface area contributed by atoms with Crippen LogP contribution in [0.25, 0.3) is 0 Å². The Morgan fingerprint density at radius 2 is 1.52 bits per heavy atom. The monoisotopic (exact) mass is 387 g/mol. The summed E-state index contributed by atoms with van der Waals surface area (Å²) < 4.78 is 23.5. The van der Waals surface area contributed by atoms with Crippen molar-refractivity contribution in [2.24, 2.45) is 0 Å². The van der Waals surface area contributed by atoms with Crippen molar-refractivity contribution in [3.05, 3.63) is 60.2 Å². The normalized spacial score (nSPS) is 11.5. The molecule has 0 aromatic heterocycles. The first-order valence-corrected chi connectivity index (χ1v) is 11.2. The fourth-order valence-corrected chi connectivity index (χ4v) is 3.83. The summed E-state index contributed by atoms with van der Waals surface area (Å²) in [6.07, 6.45) is 3.09. The summed E-state index contributed by atoms with van der Waals surface area (Å²) in [6, 6.07) is 17.8. The van der Waals surface area contributed by atoms with Gasteiger partial charge in [-0.1, -0.05) is 36.8 Å². The van der Waals surface area contributed by atoms with Crippen LogP contribution >= 0.6 is 0 Å². The van der Waals surface area contributed by atoms with Crippen molar-refractivity contribution in [2.45, 2.75) is 51.2 Å². The number of sulfone groups is 1. The Balaban J connectivity index is 1.70. The molecule has 5 heteroatoms. The second kappa shape index (κ2) is 10.3. The molecule has 0 saturated heterocycles. The highest BCUT2D eigenvalue weighted by Crippen LogP contribution is 2.17. The highest BCUT2D eigenvalue weighted by molar-refractivity contribution is 7.91. The van der Waals surface area contributed by atoms with Crippen molar-refractivity contribution in [1.82, 2.24) is 0 Å². The molecule has 0 heterocycles. The lowest BCUT2D eigenvalue weighted by Crippen LogP contribution is -2.17. The average Bonchev–Trinajstić information content (AvgIpc) is 2.64. The van der Waals surface area contributed by atoms with Crippen molar-refractivity contribution in [2.75, 3.05) is 11.1 Å². The number of hydrogen-bond donors (Lipinski definition) is 1. The molecule has 0 fully saturated rings. The van der Waals surface area contributed by atoms with Crippen LogP contribution in [0.5, 0.6) is 0 Å². The van der Waals surface area contributed by atoms with Crippen LogP contribution in [0.3, 0.4) is 0 Å². The molecule has 0 bridgehead atoms. The van der Waals surface area contributed by atoms with Gasteiger partial charge < -0.3 is 5.32 Å². The minimum atomic E-state index is -2.97. The van der Waals surface area contributed by atoms with Crippen LogP contribution in [0.1, 0.15) is 45.1 Å². The number of hydrogen-bond acceptors (Lipinski definition) is 4. The van der Waals surface area contributed by atoms with Crippen LogP contribution in [0.4, 0.5) is 11.4 Å². The molecule has 0 saturated carbocycles. The van der Waals surface area contributed by atoms with Gasteiger partial charge in [0.05, 0.1) is 11.0 Å². The molecule has 0 spiro atoms. The molecule has 0 amide bonds. The van der Waals surface area contributed by atoms with Crippen molar-refractivity contribution >= 4 is 27.0 Å². The van der Waals surface area contributed by atoms with Crippen LogP contribution in [0.15, 0.2) is 54.6 Å². The largest absolute Gasteiger partial charge is 0.356 e. The van der Waals surface area contributed by atoms with E-state index in [1.165, 1.54) is 0 Å². The smallest absolute Gasteiger partial charge is 0.152 e. The molecule has 27 heavy (non-hydrogen) atoms. The lowest BCUT2D eigenvalue weighted by molar-refractivity contribution is -0.118. The molecular formula is C22H29NO3S. The second-order valence-electron chi connectivity index (χ2n) is 7.13. The van der Waals surface area contributed by atoms with E-state index < -0.39 is 9.84 Å². The first-order chi connectivity index (χ1) is 12.9. The third-order valence-corrected chi connectivity index (χ3v) is 6.81. The van der Waals surface area contributed by atoms with E-state index in [2.05, 4.69) is 5.32 Å². The van der Waals surface area contributed by atoms with Gasteiger partial charge in [0.15, 0.2) is 9.84 Å². The van der Waals surface area contributed by atoms with Gasteiger partial charge >= 0.3 is 0 Å². The quantitative estimate of drug-likeness (QED) is 0.556. The van der Waals surface area contributed by atoms with Gasteiger partial charge in [0.1, 0.15) is 5.78 Å². The summed E-state index contributed by atoms with van der Waals surface area (Å²) in [5, 5.41) is 3.00. The van der Waals surface area contributed by atoms with Crippen LogP contribution in [-0.2, 0) is 21.1 Å². The molecule has 146 valence electrons. The lowest BCUT2D eigenvalue weighted by Gasteiger charge is -2.08. The maximum atomic E-state index is 12.1. The Morgan fingerprint density at radius 1 is 0.889 bits per heavy atom. The van der Waals surface area contributed by atoms with Gasteiger partial charge in [-0.15, -0.1) is 0 Å². The topological polar surface area (TPSA) is 63.2 Å². The molecule has 2 aromatic rings. The molecule has 1 N–H and O–H groups in total. The number of ketones is 1. The second-order valence-corrected chi connectivity index (χ2v) is 9.81. The minimum Gasteiger partial charge on any atom is -0.356 e. The summed E-state index contributed by atoms with van der Waals surface area (Å²) in [4.78, 5) is 12.1. The number of unbranched alkanes of at least 4 members (excludes halogenated alkanes) is 2. The Kier molecular flexibility index (Phi) is 8.04. The molecule has 0 radical (unpaired) electrons. The number of para-hydroxylation sites is 1. The van der Waals surface area contributed by atoms with Crippen molar-refractivity contribution in [1.29, 1.82) is 0 Å². The molecular weight excluding hydrogens is 358 g/mol. The summed E-state index contributed by atoms with van der Waals surface area (Å²) >= 11 is 0. The summed E-state index contributed by atoms with van der Waals surface area (Å²) in [7, 11) is -2.97. The number of rotatable bonds is 11. The Labute approximate surface area is 162 Å². The maximum absolute atomic E-state index is 12.1. The standard InChI is InChI=1S/C22H29NO3S/c1-18(2)27(25,26)16-8-4-7-11-22(24)17-19-12-14-21(15-13-19)23-20-9-5-3-6-10-20/h3,5-6,9-10,12-15,18,23H,4,7-8,11,16-17H2,1-2H3. The molecule has 0 atom stereocenters. The van der Waals surface area contributed by atoms with Gasteiger partial charge in [-0.2, -0.15) is 0 Å². The third kappa shape index (κ3) is 7.55. The van der Waals surface area contributed by atoms with Crippen molar-refractivity contribution in [3.8, 4) is 0 Å². The Bertz CT molecular complexity index is 812. The third-order valence-electron chi connectivity index (χ3n) is 4.52. The predicted molar refractivity (Wildman–Crippen MR) is 112 cm³/mol. The molecule has 0 aliphatic heterocycles. The van der Waals surface area contributed by atoms with E-state index in [9.17, 15) is 13.2 Å². The van der Waals surface area contributed by atoms with E-state index in [4.69, 9.17) is 0 Å². The van der Waals surface area contributed by atoms with E-state index in [-0.39, 0.29) is 16.8 Å². The lowest BCUT2D eigenvalue weighted by atomic mass is 10.0. The van der Waals surface area contributed by atoms with Gasteiger partial charge in [0.25, 0.3) is 0 Å². The van der Waals surface area contributed by atoms with Gasteiger partial charge in [0, 0.05) is 24.2 Å². The first-order valence-electron chi connectivity index (χ1n) is 9.51. The van der Waals surface area contributed by atoms with E-state index in [1.807, 2.05) is 54.6 Å². The van der Waals surface area contributed by atoms with Crippen molar-refractivity contribution < 1.29 is 13.2 Å². The van der Waals surface area contributed by atoms with Crippen LogP contribution in [0, 0.1) is 0 Å². The van der Waals surface area contributed by atoms with Gasteiger partial charge in [-0.3, -0.25) is 4.79 Å². The zero-order valence-corrected chi connectivity index (χ0v) is 17.0. The highest BCUT2D eigenvalue weighted by atomic mass is 32.2. The fourth-order valence-electron chi connectivity index (χ4n) is 2.75. The van der Waals surface area contributed by atoms with E-state index in [0.29, 0.717) is 19.3 Å². The first kappa shape index (κ1) is 21.2. The molecule has 0 aliphatic carbocycles. The predicted octanol–water partition coefficient (Wildman–Crippen LogP) is 4.93. The highest BCUT2D eigenvalue weighted by Gasteiger charge is 2.15. The zero-order valence-electron chi connectivity index (χ0n) is 16.1. The SMILES string of the molecule is CC(C)S(=O)(=O)CCCCCC(=O)Cc1ccc(Nc2ccccc2)cc1. The van der Waals surface area contributed by atoms with Gasteiger partial charge in [-0.25, -0.2) is 8.42 Å². The molecule has 0 aliphatic rings. The summed E-state index contributed by atoms with van der Waals surface area (Å²) in [5.41, 5.74) is 3.02. The Hall–Kier alpha value is -2.14. The average molecular weight is 388 g/mol. The van der Waals surface area contributed by atoms with Gasteiger partial charge in [-0.05, 0) is 56.5 Å².